The second-order valence-corrected chi connectivity index (χ2v) is 3.54. The monoisotopic (exact) mass is 232 g/mol. The van der Waals surface area contributed by atoms with Gasteiger partial charge in [-0.1, -0.05) is 12.1 Å². The lowest BCUT2D eigenvalue weighted by atomic mass is 10.2. The Morgan fingerprint density at radius 2 is 2.00 bits per heavy atom. The van der Waals surface area contributed by atoms with Crippen LogP contribution in [0.15, 0.2) is 42.6 Å². The zero-order chi connectivity index (χ0) is 12.1. The lowest BCUT2D eigenvalue weighted by molar-refractivity contribution is 0.399. The molecule has 1 heterocycles. The molecule has 0 amide bonds. The second-order valence-electron chi connectivity index (χ2n) is 3.54. The van der Waals surface area contributed by atoms with Crippen LogP contribution in [0.3, 0.4) is 0 Å². The summed E-state index contributed by atoms with van der Waals surface area (Å²) in [5.41, 5.74) is 1.82. The number of methoxy groups -OCH3 is 1. The van der Waals surface area contributed by atoms with Gasteiger partial charge in [-0.25, -0.2) is 9.37 Å². The maximum Gasteiger partial charge on any atom is 0.237 e. The molecule has 0 aliphatic carbocycles. The van der Waals surface area contributed by atoms with Crippen LogP contribution in [0, 0.1) is 5.82 Å². The van der Waals surface area contributed by atoms with E-state index in [0.717, 1.165) is 11.3 Å². The standard InChI is InChI=1S/C13H13FN2O/c1-17-13-12(3-2-8-15-13)16-9-10-4-6-11(14)7-5-10/h2-8,16H,9H2,1H3. The van der Waals surface area contributed by atoms with Crippen LogP contribution in [0.1, 0.15) is 5.56 Å². The van der Waals surface area contributed by atoms with E-state index in [-0.39, 0.29) is 5.82 Å². The summed E-state index contributed by atoms with van der Waals surface area (Å²) in [5, 5.41) is 3.19. The summed E-state index contributed by atoms with van der Waals surface area (Å²) in [6.45, 7) is 0.600. The van der Waals surface area contributed by atoms with Crippen molar-refractivity contribution in [1.82, 2.24) is 4.98 Å². The van der Waals surface area contributed by atoms with E-state index in [2.05, 4.69) is 10.3 Å². The summed E-state index contributed by atoms with van der Waals surface area (Å²) < 4.78 is 17.8. The Balaban J connectivity index is 2.04. The van der Waals surface area contributed by atoms with E-state index in [4.69, 9.17) is 4.74 Å². The van der Waals surface area contributed by atoms with Crippen molar-refractivity contribution in [2.45, 2.75) is 6.54 Å². The van der Waals surface area contributed by atoms with E-state index in [1.807, 2.05) is 12.1 Å². The smallest absolute Gasteiger partial charge is 0.237 e. The Bertz CT molecular complexity index is 485. The topological polar surface area (TPSA) is 34.1 Å². The predicted molar refractivity (Wildman–Crippen MR) is 64.5 cm³/mol. The summed E-state index contributed by atoms with van der Waals surface area (Å²) in [6, 6.07) is 10.1. The van der Waals surface area contributed by atoms with Crippen molar-refractivity contribution >= 4 is 5.69 Å². The third-order valence-electron chi connectivity index (χ3n) is 2.36. The average molecular weight is 232 g/mol. The first-order valence-electron chi connectivity index (χ1n) is 5.27. The van der Waals surface area contributed by atoms with Crippen LogP contribution in [0.4, 0.5) is 10.1 Å². The molecule has 0 aliphatic heterocycles. The molecule has 1 aromatic heterocycles. The third kappa shape index (κ3) is 2.93. The Kier molecular flexibility index (Phi) is 3.55. The van der Waals surface area contributed by atoms with Gasteiger partial charge in [0.15, 0.2) is 0 Å². The van der Waals surface area contributed by atoms with Gasteiger partial charge in [0, 0.05) is 12.7 Å². The number of nitrogens with zero attached hydrogens (tertiary/aromatic N) is 1. The Labute approximate surface area is 99.3 Å². The molecule has 0 fully saturated rings. The summed E-state index contributed by atoms with van der Waals surface area (Å²) in [7, 11) is 1.57. The number of pyridine rings is 1. The number of ether oxygens (including phenoxy) is 1. The minimum Gasteiger partial charge on any atom is -0.480 e. The number of rotatable bonds is 4. The van der Waals surface area contributed by atoms with Crippen molar-refractivity contribution in [2.24, 2.45) is 0 Å². The largest absolute Gasteiger partial charge is 0.480 e. The van der Waals surface area contributed by atoms with Gasteiger partial charge in [-0.05, 0) is 29.8 Å². The summed E-state index contributed by atoms with van der Waals surface area (Å²) in [5.74, 6) is 0.322. The van der Waals surface area contributed by atoms with Gasteiger partial charge in [0.1, 0.15) is 5.82 Å². The third-order valence-corrected chi connectivity index (χ3v) is 2.36. The fraction of sp³-hybridized carbons (Fsp3) is 0.154. The van der Waals surface area contributed by atoms with E-state index in [1.165, 1.54) is 12.1 Å². The highest BCUT2D eigenvalue weighted by Crippen LogP contribution is 2.20. The molecular weight excluding hydrogens is 219 g/mol. The minimum atomic E-state index is -0.229. The highest BCUT2D eigenvalue weighted by Gasteiger charge is 2.02. The zero-order valence-corrected chi connectivity index (χ0v) is 9.48. The maximum atomic E-state index is 12.7. The lowest BCUT2D eigenvalue weighted by Crippen LogP contribution is -2.02. The van der Waals surface area contributed by atoms with Gasteiger partial charge in [0.25, 0.3) is 0 Å². The van der Waals surface area contributed by atoms with Gasteiger partial charge < -0.3 is 10.1 Å². The summed E-state index contributed by atoms with van der Waals surface area (Å²) >= 11 is 0. The van der Waals surface area contributed by atoms with Gasteiger partial charge in [-0.2, -0.15) is 0 Å². The molecule has 0 radical (unpaired) electrons. The van der Waals surface area contributed by atoms with Gasteiger partial charge >= 0.3 is 0 Å². The predicted octanol–water partition coefficient (Wildman–Crippen LogP) is 2.84. The highest BCUT2D eigenvalue weighted by atomic mass is 19.1. The summed E-state index contributed by atoms with van der Waals surface area (Å²) in [6.07, 6.45) is 1.67. The molecule has 0 bridgehead atoms. The molecule has 4 heteroatoms. The SMILES string of the molecule is COc1ncccc1NCc1ccc(F)cc1. The molecule has 1 aromatic carbocycles. The van der Waals surface area contributed by atoms with Gasteiger partial charge in [-0.3, -0.25) is 0 Å². The van der Waals surface area contributed by atoms with Crippen molar-refractivity contribution in [2.75, 3.05) is 12.4 Å². The molecule has 2 aromatic rings. The van der Waals surface area contributed by atoms with E-state index >= 15 is 0 Å². The van der Waals surface area contributed by atoms with Gasteiger partial charge in [0.2, 0.25) is 5.88 Å². The molecule has 88 valence electrons. The van der Waals surface area contributed by atoms with Crippen LogP contribution in [0.2, 0.25) is 0 Å². The van der Waals surface area contributed by atoms with E-state index in [1.54, 1.807) is 25.4 Å². The molecule has 17 heavy (non-hydrogen) atoms. The molecule has 0 saturated carbocycles. The van der Waals surface area contributed by atoms with Gasteiger partial charge in [0.05, 0.1) is 12.8 Å². The number of aromatic nitrogens is 1. The van der Waals surface area contributed by atoms with Crippen LogP contribution in [0.5, 0.6) is 5.88 Å². The van der Waals surface area contributed by atoms with Crippen molar-refractivity contribution in [1.29, 1.82) is 0 Å². The fourth-order valence-corrected chi connectivity index (χ4v) is 1.49. The normalized spacial score (nSPS) is 10.0. The second kappa shape index (κ2) is 5.30. The zero-order valence-electron chi connectivity index (χ0n) is 9.48. The first-order valence-corrected chi connectivity index (χ1v) is 5.27. The number of anilines is 1. The minimum absolute atomic E-state index is 0.229. The number of halogens is 1. The molecule has 3 nitrogen and oxygen atoms in total. The van der Waals surface area contributed by atoms with Crippen molar-refractivity contribution in [3.8, 4) is 5.88 Å². The quantitative estimate of drug-likeness (QED) is 0.880. The van der Waals surface area contributed by atoms with Crippen molar-refractivity contribution < 1.29 is 9.13 Å². The first kappa shape index (κ1) is 11.4. The number of hydrogen-bond donors (Lipinski definition) is 1. The van der Waals surface area contributed by atoms with E-state index < -0.39 is 0 Å². The first-order chi connectivity index (χ1) is 8.29. The number of nitrogens with one attached hydrogen (secondary N) is 1. The molecular formula is C13H13FN2O. The Hall–Kier alpha value is -2.10. The number of benzene rings is 1. The van der Waals surface area contributed by atoms with E-state index in [0.29, 0.717) is 12.4 Å². The van der Waals surface area contributed by atoms with E-state index in [9.17, 15) is 4.39 Å². The average Bonchev–Trinajstić information content (AvgIpc) is 2.38. The van der Waals surface area contributed by atoms with Crippen LogP contribution in [0.25, 0.3) is 0 Å². The van der Waals surface area contributed by atoms with Crippen molar-refractivity contribution in [3.63, 3.8) is 0 Å². The Morgan fingerprint density at radius 1 is 1.24 bits per heavy atom. The maximum absolute atomic E-state index is 12.7. The van der Waals surface area contributed by atoms with Crippen molar-refractivity contribution in [3.05, 3.63) is 54.0 Å². The van der Waals surface area contributed by atoms with Crippen LogP contribution in [-0.2, 0) is 6.54 Å². The van der Waals surface area contributed by atoms with Crippen LogP contribution < -0.4 is 10.1 Å². The number of hydrogen-bond acceptors (Lipinski definition) is 3. The molecule has 0 unspecified atom stereocenters. The van der Waals surface area contributed by atoms with Crippen LogP contribution >= 0.6 is 0 Å². The van der Waals surface area contributed by atoms with Gasteiger partial charge in [-0.15, -0.1) is 0 Å². The molecule has 2 rings (SSSR count). The summed E-state index contributed by atoms with van der Waals surface area (Å²) in [4.78, 5) is 4.08. The molecule has 0 saturated heterocycles. The fourth-order valence-electron chi connectivity index (χ4n) is 1.49. The lowest BCUT2D eigenvalue weighted by Gasteiger charge is -2.09. The molecule has 0 spiro atoms. The molecule has 0 aliphatic rings. The molecule has 0 atom stereocenters. The highest BCUT2D eigenvalue weighted by molar-refractivity contribution is 5.52. The molecule has 1 N–H and O–H groups in total. The van der Waals surface area contributed by atoms with Crippen LogP contribution in [-0.4, -0.2) is 12.1 Å². The Morgan fingerprint density at radius 3 is 2.71 bits per heavy atom.